The number of carbonyl (C=O) groups is 1. The second-order valence-corrected chi connectivity index (χ2v) is 5.76. The van der Waals surface area contributed by atoms with Crippen LogP contribution < -0.4 is 0 Å². The van der Waals surface area contributed by atoms with E-state index in [4.69, 9.17) is 0 Å². The molecule has 0 aliphatic carbocycles. The van der Waals surface area contributed by atoms with Gasteiger partial charge in [-0.25, -0.2) is 0 Å². The normalized spacial score (nSPS) is 10.3. The van der Waals surface area contributed by atoms with Crippen molar-refractivity contribution in [1.82, 2.24) is 0 Å². The first-order valence-corrected chi connectivity index (χ1v) is 7.46. The molecule has 0 saturated heterocycles. The van der Waals surface area contributed by atoms with Crippen molar-refractivity contribution in [1.29, 1.82) is 0 Å². The summed E-state index contributed by atoms with van der Waals surface area (Å²) in [7, 11) is 0. The highest BCUT2D eigenvalue weighted by atomic mass is 32.2. The van der Waals surface area contributed by atoms with Gasteiger partial charge >= 0.3 is 0 Å². The van der Waals surface area contributed by atoms with Crippen molar-refractivity contribution in [2.45, 2.75) is 17.6 Å². The molecule has 0 amide bonds. The van der Waals surface area contributed by atoms with Crippen LogP contribution in [0.15, 0.2) is 53.4 Å². The van der Waals surface area contributed by atoms with Crippen molar-refractivity contribution >= 4 is 17.5 Å². The molecule has 0 radical (unpaired) electrons. The Morgan fingerprint density at radius 3 is 2.57 bits per heavy atom. The molecule has 2 aromatic rings. The third-order valence-corrected chi connectivity index (χ3v) is 4.03. The molecule has 0 saturated carbocycles. The van der Waals surface area contributed by atoms with E-state index in [9.17, 15) is 14.9 Å². The molecule has 0 aliphatic rings. The van der Waals surface area contributed by atoms with E-state index in [0.717, 1.165) is 16.2 Å². The number of Topliss-reactive ketones (excluding diaryl/α,β-unsaturated/α-hetero) is 1. The number of thioether (sulfide) groups is 1. The molecule has 0 unspecified atom stereocenters. The third kappa shape index (κ3) is 4.72. The number of hydrogen-bond donors (Lipinski definition) is 0. The lowest BCUT2D eigenvalue weighted by Crippen LogP contribution is -2.13. The second-order valence-electron chi connectivity index (χ2n) is 4.72. The van der Waals surface area contributed by atoms with Gasteiger partial charge in [0.2, 0.25) is 5.78 Å². The zero-order chi connectivity index (χ0) is 15.2. The predicted octanol–water partition coefficient (Wildman–Crippen LogP) is 3.75. The molecular formula is C16H15NO3S. The van der Waals surface area contributed by atoms with Crippen molar-refractivity contribution in [3.63, 3.8) is 0 Å². The lowest BCUT2D eigenvalue weighted by molar-refractivity contribution is -0.465. The average Bonchev–Trinajstić information content (AvgIpc) is 2.46. The van der Waals surface area contributed by atoms with Gasteiger partial charge in [0.05, 0.1) is 0 Å². The number of nitrogens with zero attached hydrogens (tertiary/aromatic N) is 1. The van der Waals surface area contributed by atoms with Crippen LogP contribution in [0.4, 0.5) is 0 Å². The molecule has 2 aromatic carbocycles. The molecule has 0 aliphatic heterocycles. The van der Waals surface area contributed by atoms with Gasteiger partial charge in [-0.3, -0.25) is 14.9 Å². The van der Waals surface area contributed by atoms with Crippen molar-refractivity contribution in [3.8, 4) is 0 Å². The third-order valence-electron chi connectivity index (χ3n) is 2.95. The van der Waals surface area contributed by atoms with E-state index in [-0.39, 0.29) is 0 Å². The standard InChI is InChI=1S/C16H15NO3S/c1-12-5-7-15(8-6-12)21-11-13-3-2-4-14(9-13)16(18)10-17(19)20/h2-9H,10-11H2,1H3. The summed E-state index contributed by atoms with van der Waals surface area (Å²) in [6.45, 7) is 1.38. The van der Waals surface area contributed by atoms with Crippen molar-refractivity contribution in [2.75, 3.05) is 6.54 Å². The summed E-state index contributed by atoms with van der Waals surface area (Å²) in [5, 5.41) is 10.4. The first-order valence-electron chi connectivity index (χ1n) is 6.48. The number of nitro groups is 1. The van der Waals surface area contributed by atoms with Crippen LogP contribution in [0.2, 0.25) is 0 Å². The Morgan fingerprint density at radius 2 is 1.90 bits per heavy atom. The highest BCUT2D eigenvalue weighted by Crippen LogP contribution is 2.23. The summed E-state index contributed by atoms with van der Waals surface area (Å²) in [4.78, 5) is 22.6. The zero-order valence-corrected chi connectivity index (χ0v) is 12.4. The van der Waals surface area contributed by atoms with Gasteiger partial charge in [0, 0.05) is 21.1 Å². The van der Waals surface area contributed by atoms with Crippen molar-refractivity contribution < 1.29 is 9.72 Å². The Labute approximate surface area is 127 Å². The van der Waals surface area contributed by atoms with Gasteiger partial charge in [-0.1, -0.05) is 35.9 Å². The monoisotopic (exact) mass is 301 g/mol. The quantitative estimate of drug-likeness (QED) is 0.353. The fourth-order valence-corrected chi connectivity index (χ4v) is 2.69. The Bertz CT molecular complexity index is 653. The summed E-state index contributed by atoms with van der Waals surface area (Å²) in [6, 6.07) is 15.3. The SMILES string of the molecule is Cc1ccc(SCc2cccc(C(=O)C[N+](=O)[O-])c2)cc1. The van der Waals surface area contributed by atoms with E-state index in [0.29, 0.717) is 5.56 Å². The van der Waals surface area contributed by atoms with Gasteiger partial charge in [-0.15, -0.1) is 11.8 Å². The van der Waals surface area contributed by atoms with Crippen LogP contribution in [0, 0.1) is 17.0 Å². The molecule has 108 valence electrons. The number of benzene rings is 2. The number of hydrogen-bond acceptors (Lipinski definition) is 4. The van der Waals surface area contributed by atoms with Gasteiger partial charge in [0.15, 0.2) is 0 Å². The number of ketones is 1. The van der Waals surface area contributed by atoms with Crippen molar-refractivity contribution in [3.05, 3.63) is 75.3 Å². The van der Waals surface area contributed by atoms with E-state index < -0.39 is 17.3 Å². The fourth-order valence-electron chi connectivity index (χ4n) is 1.84. The molecule has 0 fully saturated rings. The van der Waals surface area contributed by atoms with Gasteiger partial charge in [0.1, 0.15) is 0 Å². The molecule has 0 bridgehead atoms. The van der Waals surface area contributed by atoms with E-state index >= 15 is 0 Å². The summed E-state index contributed by atoms with van der Waals surface area (Å²) < 4.78 is 0. The molecule has 0 spiro atoms. The Hall–Kier alpha value is -2.14. The van der Waals surface area contributed by atoms with Crippen LogP contribution in [0.1, 0.15) is 21.5 Å². The smallest absolute Gasteiger partial charge is 0.265 e. The summed E-state index contributed by atoms with van der Waals surface area (Å²) >= 11 is 1.67. The largest absolute Gasteiger partial charge is 0.287 e. The van der Waals surface area contributed by atoms with E-state index in [1.807, 2.05) is 13.0 Å². The maximum absolute atomic E-state index is 11.7. The lowest BCUT2D eigenvalue weighted by atomic mass is 10.1. The topological polar surface area (TPSA) is 60.2 Å². The molecular weight excluding hydrogens is 286 g/mol. The van der Waals surface area contributed by atoms with Crippen LogP contribution in [-0.4, -0.2) is 17.3 Å². The summed E-state index contributed by atoms with van der Waals surface area (Å²) in [5.41, 5.74) is 2.59. The van der Waals surface area contributed by atoms with Crippen LogP contribution in [0.25, 0.3) is 0 Å². The van der Waals surface area contributed by atoms with E-state index in [1.54, 1.807) is 30.0 Å². The molecule has 4 nitrogen and oxygen atoms in total. The van der Waals surface area contributed by atoms with Gasteiger partial charge < -0.3 is 0 Å². The molecule has 0 atom stereocenters. The Morgan fingerprint density at radius 1 is 1.19 bits per heavy atom. The molecule has 0 heterocycles. The molecule has 5 heteroatoms. The minimum Gasteiger partial charge on any atom is -0.287 e. The van der Waals surface area contributed by atoms with Crippen LogP contribution in [-0.2, 0) is 5.75 Å². The minimum absolute atomic E-state index is 0.397. The second kappa shape index (κ2) is 7.04. The fraction of sp³-hybridized carbons (Fsp3) is 0.188. The van der Waals surface area contributed by atoms with Gasteiger partial charge in [-0.2, -0.15) is 0 Å². The maximum Gasteiger partial charge on any atom is 0.265 e. The lowest BCUT2D eigenvalue weighted by Gasteiger charge is -2.04. The molecule has 0 N–H and O–H groups in total. The zero-order valence-electron chi connectivity index (χ0n) is 11.6. The molecule has 0 aromatic heterocycles. The average molecular weight is 301 g/mol. The first kappa shape index (κ1) is 15.3. The van der Waals surface area contributed by atoms with Crippen LogP contribution in [0.3, 0.4) is 0 Å². The summed E-state index contributed by atoms with van der Waals surface area (Å²) in [5.74, 6) is 0.269. The Balaban J connectivity index is 2.02. The van der Waals surface area contributed by atoms with Crippen LogP contribution >= 0.6 is 11.8 Å². The first-order chi connectivity index (χ1) is 10.0. The number of rotatable bonds is 6. The molecule has 21 heavy (non-hydrogen) atoms. The minimum atomic E-state index is -0.658. The molecule has 2 rings (SSSR count). The van der Waals surface area contributed by atoms with Crippen LogP contribution in [0.5, 0.6) is 0 Å². The summed E-state index contributed by atoms with van der Waals surface area (Å²) in [6.07, 6.45) is 0. The highest BCUT2D eigenvalue weighted by Gasteiger charge is 2.12. The van der Waals surface area contributed by atoms with Crippen molar-refractivity contribution in [2.24, 2.45) is 0 Å². The van der Waals surface area contributed by atoms with Gasteiger partial charge in [0.25, 0.3) is 6.54 Å². The number of carbonyl (C=O) groups excluding carboxylic acids is 1. The van der Waals surface area contributed by atoms with E-state index in [2.05, 4.69) is 24.3 Å². The van der Waals surface area contributed by atoms with E-state index in [1.165, 1.54) is 5.56 Å². The Kier molecular flexibility index (Phi) is 5.11. The maximum atomic E-state index is 11.7. The number of aryl methyl sites for hydroxylation is 1. The highest BCUT2D eigenvalue weighted by molar-refractivity contribution is 7.98. The predicted molar refractivity (Wildman–Crippen MR) is 83.4 cm³/mol. The van der Waals surface area contributed by atoms with Gasteiger partial charge in [-0.05, 0) is 30.7 Å².